The van der Waals surface area contributed by atoms with Crippen LogP contribution in [0.25, 0.3) is 0 Å². The standard InChI is InChI=1S/C17H20ClN3O2/c1-12(23-16-5-3-4-13(18)10-16)11-20-17(19)21-14-6-8-15(22-2)9-7-14/h3-10,12H,11H2,1-2H3,(H3,19,20,21). The Morgan fingerprint density at radius 3 is 2.61 bits per heavy atom. The highest BCUT2D eigenvalue weighted by Crippen LogP contribution is 2.18. The maximum Gasteiger partial charge on any atom is 0.193 e. The number of guanidine groups is 1. The van der Waals surface area contributed by atoms with E-state index in [0.29, 0.717) is 23.3 Å². The molecule has 5 nitrogen and oxygen atoms in total. The van der Waals surface area contributed by atoms with Gasteiger partial charge in [-0.15, -0.1) is 0 Å². The Balaban J connectivity index is 1.85. The number of nitrogens with zero attached hydrogens (tertiary/aromatic N) is 1. The second kappa shape index (κ2) is 8.29. The minimum Gasteiger partial charge on any atom is -0.497 e. The van der Waals surface area contributed by atoms with Crippen LogP contribution < -0.4 is 20.5 Å². The van der Waals surface area contributed by atoms with Gasteiger partial charge in [-0.25, -0.2) is 4.99 Å². The highest BCUT2D eigenvalue weighted by Gasteiger charge is 2.04. The highest BCUT2D eigenvalue weighted by atomic mass is 35.5. The van der Waals surface area contributed by atoms with Gasteiger partial charge < -0.3 is 20.5 Å². The van der Waals surface area contributed by atoms with Crippen molar-refractivity contribution >= 4 is 23.2 Å². The van der Waals surface area contributed by atoms with Crippen molar-refractivity contribution in [2.75, 3.05) is 19.0 Å². The zero-order valence-corrected chi connectivity index (χ0v) is 13.9. The lowest BCUT2D eigenvalue weighted by molar-refractivity contribution is 0.230. The Morgan fingerprint density at radius 2 is 1.96 bits per heavy atom. The molecule has 2 aromatic carbocycles. The second-order valence-electron chi connectivity index (χ2n) is 4.97. The van der Waals surface area contributed by atoms with Crippen molar-refractivity contribution in [3.8, 4) is 11.5 Å². The van der Waals surface area contributed by atoms with E-state index in [9.17, 15) is 0 Å². The third-order valence-electron chi connectivity index (χ3n) is 3.01. The van der Waals surface area contributed by atoms with Gasteiger partial charge in [-0.3, -0.25) is 0 Å². The molecule has 0 aliphatic carbocycles. The van der Waals surface area contributed by atoms with Gasteiger partial charge in [0.05, 0.1) is 13.7 Å². The summed E-state index contributed by atoms with van der Waals surface area (Å²) in [6, 6.07) is 14.7. The second-order valence-corrected chi connectivity index (χ2v) is 5.40. The quantitative estimate of drug-likeness (QED) is 0.626. The van der Waals surface area contributed by atoms with Gasteiger partial charge in [0, 0.05) is 10.7 Å². The van der Waals surface area contributed by atoms with Gasteiger partial charge in [0.1, 0.15) is 17.6 Å². The van der Waals surface area contributed by atoms with E-state index < -0.39 is 0 Å². The van der Waals surface area contributed by atoms with Gasteiger partial charge in [-0.05, 0) is 49.4 Å². The zero-order valence-electron chi connectivity index (χ0n) is 13.1. The summed E-state index contributed by atoms with van der Waals surface area (Å²) in [5.74, 6) is 1.83. The third kappa shape index (κ3) is 5.71. The molecule has 0 aromatic heterocycles. The van der Waals surface area contributed by atoms with E-state index in [1.54, 1.807) is 19.2 Å². The maximum absolute atomic E-state index is 5.92. The number of halogens is 1. The summed E-state index contributed by atoms with van der Waals surface area (Å²) in [4.78, 5) is 4.27. The van der Waals surface area contributed by atoms with Crippen molar-refractivity contribution < 1.29 is 9.47 Å². The molecule has 0 aliphatic heterocycles. The van der Waals surface area contributed by atoms with Crippen molar-refractivity contribution in [1.29, 1.82) is 0 Å². The molecule has 0 heterocycles. The first-order chi connectivity index (χ1) is 11.1. The minimum atomic E-state index is -0.121. The van der Waals surface area contributed by atoms with Crippen LogP contribution in [0.5, 0.6) is 11.5 Å². The summed E-state index contributed by atoms with van der Waals surface area (Å²) in [6.45, 7) is 2.35. The lowest BCUT2D eigenvalue weighted by Crippen LogP contribution is -2.25. The fraction of sp³-hybridized carbons (Fsp3) is 0.235. The topological polar surface area (TPSA) is 68.9 Å². The van der Waals surface area contributed by atoms with Gasteiger partial charge in [-0.2, -0.15) is 0 Å². The molecule has 0 amide bonds. The number of anilines is 1. The number of hydrogen-bond donors (Lipinski definition) is 2. The maximum atomic E-state index is 5.92. The Labute approximate surface area is 141 Å². The number of hydrogen-bond acceptors (Lipinski definition) is 3. The van der Waals surface area contributed by atoms with Crippen LogP contribution in [0.3, 0.4) is 0 Å². The molecular weight excluding hydrogens is 314 g/mol. The largest absolute Gasteiger partial charge is 0.497 e. The molecule has 1 unspecified atom stereocenters. The van der Waals surface area contributed by atoms with Crippen LogP contribution in [0.2, 0.25) is 5.02 Å². The predicted molar refractivity (Wildman–Crippen MR) is 94.6 cm³/mol. The molecule has 0 spiro atoms. The van der Waals surface area contributed by atoms with Crippen LogP contribution in [0.1, 0.15) is 6.92 Å². The third-order valence-corrected chi connectivity index (χ3v) is 3.25. The van der Waals surface area contributed by atoms with E-state index in [-0.39, 0.29) is 6.10 Å². The molecule has 23 heavy (non-hydrogen) atoms. The number of benzene rings is 2. The van der Waals surface area contributed by atoms with Crippen LogP contribution in [0, 0.1) is 0 Å². The van der Waals surface area contributed by atoms with Gasteiger partial charge >= 0.3 is 0 Å². The fourth-order valence-corrected chi connectivity index (χ4v) is 2.08. The molecule has 1 atom stereocenters. The summed E-state index contributed by atoms with van der Waals surface area (Å²) < 4.78 is 10.8. The molecule has 122 valence electrons. The first-order valence-corrected chi connectivity index (χ1v) is 7.58. The Hall–Kier alpha value is -2.40. The van der Waals surface area contributed by atoms with Crippen LogP contribution in [-0.4, -0.2) is 25.7 Å². The average Bonchev–Trinajstić information content (AvgIpc) is 2.54. The number of methoxy groups -OCH3 is 1. The van der Waals surface area contributed by atoms with E-state index >= 15 is 0 Å². The highest BCUT2D eigenvalue weighted by molar-refractivity contribution is 6.30. The Morgan fingerprint density at radius 1 is 1.22 bits per heavy atom. The number of aliphatic imine (C=N–C) groups is 1. The normalized spacial score (nSPS) is 12.6. The van der Waals surface area contributed by atoms with Gasteiger partial charge in [0.15, 0.2) is 5.96 Å². The number of nitrogens with two attached hydrogens (primary N) is 1. The SMILES string of the molecule is COc1ccc(NC(N)=NCC(C)Oc2cccc(Cl)c2)cc1. The van der Waals surface area contributed by atoms with Gasteiger partial charge in [-0.1, -0.05) is 17.7 Å². The molecule has 0 aliphatic rings. The van der Waals surface area contributed by atoms with Crippen molar-refractivity contribution in [2.24, 2.45) is 10.7 Å². The molecule has 0 saturated heterocycles. The summed E-state index contributed by atoms with van der Waals surface area (Å²) in [7, 11) is 1.62. The van der Waals surface area contributed by atoms with E-state index in [4.69, 9.17) is 26.8 Å². The Bertz CT molecular complexity index is 659. The molecule has 6 heteroatoms. The monoisotopic (exact) mass is 333 g/mol. The molecule has 0 saturated carbocycles. The van der Waals surface area contributed by atoms with E-state index in [1.807, 2.05) is 43.3 Å². The van der Waals surface area contributed by atoms with Gasteiger partial charge in [0.25, 0.3) is 0 Å². The minimum absolute atomic E-state index is 0.121. The first kappa shape index (κ1) is 17.0. The van der Waals surface area contributed by atoms with Crippen LogP contribution >= 0.6 is 11.6 Å². The van der Waals surface area contributed by atoms with Crippen molar-refractivity contribution in [3.05, 3.63) is 53.6 Å². The van der Waals surface area contributed by atoms with Crippen molar-refractivity contribution in [1.82, 2.24) is 0 Å². The van der Waals surface area contributed by atoms with Crippen molar-refractivity contribution in [3.63, 3.8) is 0 Å². The molecule has 0 bridgehead atoms. The molecule has 3 N–H and O–H groups in total. The summed E-state index contributed by atoms with van der Waals surface area (Å²) in [5, 5.41) is 3.65. The number of nitrogens with one attached hydrogen (secondary N) is 1. The van der Waals surface area contributed by atoms with Gasteiger partial charge in [0.2, 0.25) is 0 Å². The van der Waals surface area contributed by atoms with Crippen LogP contribution in [0.4, 0.5) is 5.69 Å². The molecule has 0 fully saturated rings. The lowest BCUT2D eigenvalue weighted by atomic mass is 10.3. The Kier molecular flexibility index (Phi) is 6.11. The van der Waals surface area contributed by atoms with Crippen molar-refractivity contribution in [2.45, 2.75) is 13.0 Å². The summed E-state index contributed by atoms with van der Waals surface area (Å²) >= 11 is 5.92. The fourth-order valence-electron chi connectivity index (χ4n) is 1.90. The lowest BCUT2D eigenvalue weighted by Gasteiger charge is -2.13. The molecule has 2 rings (SSSR count). The smallest absolute Gasteiger partial charge is 0.193 e. The number of rotatable bonds is 6. The van der Waals surface area contributed by atoms with Crippen LogP contribution in [-0.2, 0) is 0 Å². The van der Waals surface area contributed by atoms with E-state index in [0.717, 1.165) is 11.4 Å². The van der Waals surface area contributed by atoms with E-state index in [2.05, 4.69) is 10.3 Å². The molecular formula is C17H20ClN3O2. The summed E-state index contributed by atoms with van der Waals surface area (Å²) in [5.41, 5.74) is 6.72. The van der Waals surface area contributed by atoms with Crippen LogP contribution in [0.15, 0.2) is 53.5 Å². The predicted octanol–water partition coefficient (Wildman–Crippen LogP) is 3.54. The summed E-state index contributed by atoms with van der Waals surface area (Å²) in [6.07, 6.45) is -0.121. The number of ether oxygens (including phenoxy) is 2. The molecule has 2 aromatic rings. The molecule has 0 radical (unpaired) electrons. The average molecular weight is 334 g/mol. The zero-order chi connectivity index (χ0) is 16.7. The first-order valence-electron chi connectivity index (χ1n) is 7.20. The van der Waals surface area contributed by atoms with E-state index in [1.165, 1.54) is 0 Å².